The molecular formula is C18H13ClO2. The first-order valence-electron chi connectivity index (χ1n) is 6.63. The first kappa shape index (κ1) is 13.7. The molecule has 3 aromatic carbocycles. The van der Waals surface area contributed by atoms with E-state index in [1.54, 1.807) is 24.3 Å². The zero-order valence-corrected chi connectivity index (χ0v) is 12.0. The number of ether oxygens (including phenoxy) is 1. The lowest BCUT2D eigenvalue weighted by molar-refractivity contribution is 0.0921. The van der Waals surface area contributed by atoms with Crippen molar-refractivity contribution in [3.05, 3.63) is 77.3 Å². The molecule has 0 radical (unpaired) electrons. The summed E-state index contributed by atoms with van der Waals surface area (Å²) in [6.45, 7) is 0.0139. The van der Waals surface area contributed by atoms with Gasteiger partial charge in [0.05, 0.1) is 0 Å². The Bertz CT molecular complexity index is 779. The van der Waals surface area contributed by atoms with E-state index in [4.69, 9.17) is 16.3 Å². The molecule has 3 heteroatoms. The van der Waals surface area contributed by atoms with E-state index in [1.807, 2.05) is 42.5 Å². The van der Waals surface area contributed by atoms with Gasteiger partial charge in [-0.25, -0.2) is 0 Å². The second kappa shape index (κ2) is 5.98. The van der Waals surface area contributed by atoms with Gasteiger partial charge in [-0.3, -0.25) is 4.79 Å². The summed E-state index contributed by atoms with van der Waals surface area (Å²) < 4.78 is 5.58. The first-order chi connectivity index (χ1) is 10.2. The maximum absolute atomic E-state index is 12.0. The number of fused-ring (bicyclic) bond motifs is 1. The molecule has 0 fully saturated rings. The standard InChI is InChI=1S/C18H13ClO2/c19-16-8-5-14(6-9-16)18(20)12-21-17-10-7-13-3-1-2-4-15(13)11-17/h1-11H,12H2. The molecule has 0 aliphatic carbocycles. The van der Waals surface area contributed by atoms with Crippen LogP contribution in [0.4, 0.5) is 0 Å². The summed E-state index contributed by atoms with van der Waals surface area (Å²) in [7, 11) is 0. The molecule has 0 saturated heterocycles. The number of Topliss-reactive ketones (excluding diaryl/α,β-unsaturated/α-hetero) is 1. The second-order valence-corrected chi connectivity index (χ2v) is 5.16. The van der Waals surface area contributed by atoms with Gasteiger partial charge in [0.1, 0.15) is 5.75 Å². The van der Waals surface area contributed by atoms with E-state index in [0.29, 0.717) is 16.3 Å². The van der Waals surface area contributed by atoms with E-state index in [-0.39, 0.29) is 12.4 Å². The van der Waals surface area contributed by atoms with E-state index in [1.165, 1.54) is 0 Å². The molecule has 0 saturated carbocycles. The van der Waals surface area contributed by atoms with E-state index in [9.17, 15) is 4.79 Å². The molecule has 0 aliphatic rings. The zero-order chi connectivity index (χ0) is 14.7. The number of hydrogen-bond acceptors (Lipinski definition) is 2. The number of carbonyl (C=O) groups is 1. The lowest BCUT2D eigenvalue weighted by Gasteiger charge is -2.07. The Morgan fingerprint density at radius 1 is 0.905 bits per heavy atom. The van der Waals surface area contributed by atoms with E-state index >= 15 is 0 Å². The molecule has 3 rings (SSSR count). The Morgan fingerprint density at radius 3 is 2.38 bits per heavy atom. The number of benzene rings is 3. The van der Waals surface area contributed by atoms with Crippen molar-refractivity contribution >= 4 is 28.2 Å². The molecule has 0 atom stereocenters. The Kier molecular flexibility index (Phi) is 3.89. The minimum atomic E-state index is -0.0696. The SMILES string of the molecule is O=C(COc1ccc2ccccc2c1)c1ccc(Cl)cc1. The third-order valence-electron chi connectivity index (χ3n) is 3.26. The van der Waals surface area contributed by atoms with Gasteiger partial charge in [0, 0.05) is 10.6 Å². The molecule has 0 aromatic heterocycles. The van der Waals surface area contributed by atoms with Gasteiger partial charge < -0.3 is 4.74 Å². The molecule has 0 bridgehead atoms. The molecular weight excluding hydrogens is 284 g/mol. The van der Waals surface area contributed by atoms with E-state index in [2.05, 4.69) is 0 Å². The smallest absolute Gasteiger partial charge is 0.200 e. The Balaban J connectivity index is 1.71. The molecule has 0 unspecified atom stereocenters. The lowest BCUT2D eigenvalue weighted by Crippen LogP contribution is -2.11. The summed E-state index contributed by atoms with van der Waals surface area (Å²) in [6.07, 6.45) is 0. The van der Waals surface area contributed by atoms with Gasteiger partial charge in [-0.1, -0.05) is 41.9 Å². The fourth-order valence-corrected chi connectivity index (χ4v) is 2.25. The average Bonchev–Trinajstić information content (AvgIpc) is 2.53. The molecule has 104 valence electrons. The summed E-state index contributed by atoms with van der Waals surface area (Å²) in [6, 6.07) is 20.6. The van der Waals surface area contributed by atoms with Gasteiger partial charge in [0.2, 0.25) is 0 Å². The molecule has 0 heterocycles. The van der Waals surface area contributed by atoms with Gasteiger partial charge in [0.25, 0.3) is 0 Å². The predicted molar refractivity (Wildman–Crippen MR) is 85.2 cm³/mol. The number of ketones is 1. The van der Waals surface area contributed by atoms with Crippen molar-refractivity contribution in [2.24, 2.45) is 0 Å². The van der Waals surface area contributed by atoms with Crippen molar-refractivity contribution in [1.29, 1.82) is 0 Å². The van der Waals surface area contributed by atoms with Gasteiger partial charge in [-0.15, -0.1) is 0 Å². The number of carbonyl (C=O) groups excluding carboxylic acids is 1. The maximum Gasteiger partial charge on any atom is 0.200 e. The Hall–Kier alpha value is -2.32. The minimum absolute atomic E-state index is 0.0139. The Labute approximate surface area is 127 Å². The summed E-state index contributed by atoms with van der Waals surface area (Å²) in [5.74, 6) is 0.621. The van der Waals surface area contributed by atoms with Crippen molar-refractivity contribution < 1.29 is 9.53 Å². The van der Waals surface area contributed by atoms with Crippen LogP contribution in [0.3, 0.4) is 0 Å². The van der Waals surface area contributed by atoms with Crippen molar-refractivity contribution in [2.75, 3.05) is 6.61 Å². The number of hydrogen-bond donors (Lipinski definition) is 0. The van der Waals surface area contributed by atoms with E-state index < -0.39 is 0 Å². The molecule has 0 amide bonds. The average molecular weight is 297 g/mol. The van der Waals surface area contributed by atoms with Crippen molar-refractivity contribution in [3.8, 4) is 5.75 Å². The highest BCUT2D eigenvalue weighted by Gasteiger charge is 2.07. The summed E-state index contributed by atoms with van der Waals surface area (Å²) in [4.78, 5) is 12.0. The topological polar surface area (TPSA) is 26.3 Å². The molecule has 3 aromatic rings. The van der Waals surface area contributed by atoms with Gasteiger partial charge in [-0.2, -0.15) is 0 Å². The van der Waals surface area contributed by atoms with Crippen LogP contribution in [0.5, 0.6) is 5.75 Å². The van der Waals surface area contributed by atoms with Gasteiger partial charge in [-0.05, 0) is 47.2 Å². The molecule has 0 aliphatic heterocycles. The summed E-state index contributed by atoms with van der Waals surface area (Å²) >= 11 is 5.80. The molecule has 0 N–H and O–H groups in total. The first-order valence-corrected chi connectivity index (χ1v) is 7.00. The predicted octanol–water partition coefficient (Wildman–Crippen LogP) is 4.75. The molecule has 21 heavy (non-hydrogen) atoms. The summed E-state index contributed by atoms with van der Waals surface area (Å²) in [5.41, 5.74) is 0.597. The third kappa shape index (κ3) is 3.23. The van der Waals surface area contributed by atoms with Crippen LogP contribution < -0.4 is 4.74 Å². The Morgan fingerprint density at radius 2 is 1.62 bits per heavy atom. The van der Waals surface area contributed by atoms with Crippen LogP contribution >= 0.6 is 11.6 Å². The second-order valence-electron chi connectivity index (χ2n) is 4.73. The van der Waals surface area contributed by atoms with Gasteiger partial charge >= 0.3 is 0 Å². The van der Waals surface area contributed by atoms with Gasteiger partial charge in [0.15, 0.2) is 12.4 Å². The van der Waals surface area contributed by atoms with Crippen LogP contribution in [-0.4, -0.2) is 12.4 Å². The quantitative estimate of drug-likeness (QED) is 0.649. The highest BCUT2D eigenvalue weighted by atomic mass is 35.5. The van der Waals surface area contributed by atoms with E-state index in [0.717, 1.165) is 10.8 Å². The fourth-order valence-electron chi connectivity index (χ4n) is 2.13. The highest BCUT2D eigenvalue weighted by molar-refractivity contribution is 6.30. The molecule has 0 spiro atoms. The normalized spacial score (nSPS) is 10.5. The fraction of sp³-hybridized carbons (Fsp3) is 0.0556. The van der Waals surface area contributed by atoms with Crippen LogP contribution in [0.2, 0.25) is 5.02 Å². The summed E-state index contributed by atoms with van der Waals surface area (Å²) in [5, 5.41) is 2.85. The number of halogens is 1. The monoisotopic (exact) mass is 296 g/mol. The largest absolute Gasteiger partial charge is 0.485 e. The van der Waals surface area contributed by atoms with Crippen LogP contribution in [0.25, 0.3) is 10.8 Å². The maximum atomic E-state index is 12.0. The number of rotatable bonds is 4. The van der Waals surface area contributed by atoms with Crippen LogP contribution in [0.1, 0.15) is 10.4 Å². The van der Waals surface area contributed by atoms with Crippen molar-refractivity contribution in [2.45, 2.75) is 0 Å². The highest BCUT2D eigenvalue weighted by Crippen LogP contribution is 2.20. The zero-order valence-electron chi connectivity index (χ0n) is 11.3. The van der Waals surface area contributed by atoms with Crippen molar-refractivity contribution in [3.63, 3.8) is 0 Å². The lowest BCUT2D eigenvalue weighted by atomic mass is 10.1. The van der Waals surface area contributed by atoms with Crippen molar-refractivity contribution in [1.82, 2.24) is 0 Å². The van der Waals surface area contributed by atoms with Crippen LogP contribution in [0, 0.1) is 0 Å². The van der Waals surface area contributed by atoms with Crippen LogP contribution in [0.15, 0.2) is 66.7 Å². The van der Waals surface area contributed by atoms with Crippen LogP contribution in [-0.2, 0) is 0 Å². The molecule has 2 nitrogen and oxygen atoms in total. The minimum Gasteiger partial charge on any atom is -0.485 e. The third-order valence-corrected chi connectivity index (χ3v) is 3.51.